The predicted molar refractivity (Wildman–Crippen MR) is 248 cm³/mol. The van der Waals surface area contributed by atoms with Gasteiger partial charge in [-0.2, -0.15) is 0 Å². The third-order valence-corrected chi connectivity index (χ3v) is 11.3. The number of piperidine rings is 3. The summed E-state index contributed by atoms with van der Waals surface area (Å²) in [7, 11) is 2.10. The SMILES string of the molecule is CC(C)(C)C(=O)N1CCCC1.CC(C)(C)C(=O)N1CCCCC1.CC(C)(C)C(=O)N1CCCCC1.CC(C)(C)C(=O)N1CCCCC1.CN1CCN(C(=O)C(C)(C)C)CC1. The van der Waals surface area contributed by atoms with Crippen LogP contribution in [0.1, 0.15) is 174 Å². The number of nitrogens with zero attached hydrogens (tertiary/aromatic N) is 6. The number of likely N-dealkylation sites (tertiary alicyclic amines) is 4. The van der Waals surface area contributed by atoms with Gasteiger partial charge in [0.15, 0.2) is 0 Å². The Morgan fingerprint density at radius 2 is 0.400 bits per heavy atom. The second-order valence-corrected chi connectivity index (χ2v) is 22.9. The number of likely N-dealkylation sites (N-methyl/N-ethyl adjacent to an activating group) is 1. The molecule has 5 aliphatic heterocycles. The molecule has 5 heterocycles. The van der Waals surface area contributed by atoms with E-state index in [1.165, 1.54) is 70.6 Å². The first kappa shape index (κ1) is 55.3. The van der Waals surface area contributed by atoms with Crippen LogP contribution in [0.3, 0.4) is 0 Å². The number of amides is 5. The Bertz CT molecular complexity index is 1200. The average molecular weight is 847 g/mol. The molecular weight excluding hydrogens is 753 g/mol. The summed E-state index contributed by atoms with van der Waals surface area (Å²) in [5, 5.41) is 0. The molecule has 0 aromatic rings. The van der Waals surface area contributed by atoms with Crippen LogP contribution in [-0.2, 0) is 24.0 Å². The molecule has 0 unspecified atom stereocenters. The van der Waals surface area contributed by atoms with E-state index in [1.807, 2.05) is 128 Å². The highest BCUT2D eigenvalue weighted by Crippen LogP contribution is 2.24. The Kier molecular flexibility index (Phi) is 22.9. The molecule has 11 heteroatoms. The van der Waals surface area contributed by atoms with E-state index in [9.17, 15) is 24.0 Å². The standard InChI is InChI=1S/C10H20N2O.3C10H19NO.C9H17NO/c1-10(2,3)9(13)12-7-5-11(4)6-8-12;3*1-10(2,3)9(12)11-7-5-4-6-8-11;1-9(2,3)8(11)10-6-4-5-7-10/h5-8H2,1-4H3;3*4-8H2,1-3H3;4-7H2,1-3H3. The van der Waals surface area contributed by atoms with Crippen LogP contribution in [-0.4, -0.2) is 145 Å². The van der Waals surface area contributed by atoms with E-state index in [2.05, 4.69) is 11.9 Å². The number of hydrogen-bond donors (Lipinski definition) is 0. The van der Waals surface area contributed by atoms with Crippen molar-refractivity contribution in [2.24, 2.45) is 27.1 Å². The fraction of sp³-hybridized carbons (Fsp3) is 0.898. The van der Waals surface area contributed by atoms with Gasteiger partial charge in [-0.3, -0.25) is 24.0 Å². The maximum Gasteiger partial charge on any atom is 0.228 e. The number of carbonyl (C=O) groups excluding carboxylic acids is 5. The molecule has 0 aromatic heterocycles. The molecule has 0 atom stereocenters. The van der Waals surface area contributed by atoms with Crippen LogP contribution >= 0.6 is 0 Å². The minimum atomic E-state index is -0.226. The van der Waals surface area contributed by atoms with Crippen molar-refractivity contribution in [2.45, 2.75) is 174 Å². The first-order valence-corrected chi connectivity index (χ1v) is 23.6. The summed E-state index contributed by atoms with van der Waals surface area (Å²) < 4.78 is 0. The predicted octanol–water partition coefficient (Wildman–Crippen LogP) is 8.60. The van der Waals surface area contributed by atoms with Crippen molar-refractivity contribution >= 4 is 29.5 Å². The van der Waals surface area contributed by atoms with Crippen molar-refractivity contribution in [3.05, 3.63) is 0 Å². The maximum atomic E-state index is 11.8. The summed E-state index contributed by atoms with van der Waals surface area (Å²) >= 11 is 0. The zero-order valence-electron chi connectivity index (χ0n) is 42.0. The minimum Gasteiger partial charge on any atom is -0.342 e. The number of rotatable bonds is 0. The van der Waals surface area contributed by atoms with E-state index in [1.54, 1.807) is 0 Å². The highest BCUT2D eigenvalue weighted by molar-refractivity contribution is 5.83. The zero-order valence-corrected chi connectivity index (χ0v) is 42.0. The van der Waals surface area contributed by atoms with E-state index in [0.29, 0.717) is 23.6 Å². The molecule has 60 heavy (non-hydrogen) atoms. The van der Waals surface area contributed by atoms with E-state index in [0.717, 1.165) is 78.5 Å². The van der Waals surface area contributed by atoms with E-state index in [-0.39, 0.29) is 33.0 Å². The molecule has 5 saturated heterocycles. The Morgan fingerprint density at radius 1 is 0.250 bits per heavy atom. The molecule has 0 bridgehead atoms. The molecule has 11 nitrogen and oxygen atoms in total. The van der Waals surface area contributed by atoms with E-state index >= 15 is 0 Å². The van der Waals surface area contributed by atoms with E-state index < -0.39 is 0 Å². The van der Waals surface area contributed by atoms with Gasteiger partial charge >= 0.3 is 0 Å². The largest absolute Gasteiger partial charge is 0.342 e. The lowest BCUT2D eigenvalue weighted by Crippen LogP contribution is -2.50. The lowest BCUT2D eigenvalue weighted by molar-refractivity contribution is -0.141. The van der Waals surface area contributed by atoms with Gasteiger partial charge in [0.2, 0.25) is 29.5 Å². The van der Waals surface area contributed by atoms with E-state index in [4.69, 9.17) is 0 Å². The van der Waals surface area contributed by atoms with Gasteiger partial charge in [0.25, 0.3) is 0 Å². The summed E-state index contributed by atoms with van der Waals surface area (Å²) in [4.78, 5) is 70.9. The Morgan fingerprint density at radius 3 is 0.567 bits per heavy atom. The highest BCUT2D eigenvalue weighted by atomic mass is 16.2. The molecule has 0 spiro atoms. The summed E-state index contributed by atoms with van der Waals surface area (Å²) in [6.07, 6.45) is 13.3. The van der Waals surface area contributed by atoms with Gasteiger partial charge in [-0.1, -0.05) is 104 Å². The summed E-state index contributed by atoms with van der Waals surface area (Å²) in [6, 6.07) is 0. The molecule has 5 rings (SSSR count). The third kappa shape index (κ3) is 20.9. The normalized spacial score (nSPS) is 19.6. The summed E-state index contributed by atoms with van der Waals surface area (Å²) in [5.74, 6) is 1.50. The van der Waals surface area contributed by atoms with Gasteiger partial charge in [-0.25, -0.2) is 0 Å². The second kappa shape index (κ2) is 24.8. The molecule has 5 aliphatic rings. The summed E-state index contributed by atoms with van der Waals surface area (Å²) in [6.45, 7) is 41.3. The lowest BCUT2D eigenvalue weighted by Gasteiger charge is -2.36. The molecule has 0 aromatic carbocycles. The Balaban J connectivity index is 0.000000375. The first-order chi connectivity index (χ1) is 27.5. The first-order valence-electron chi connectivity index (χ1n) is 23.6. The van der Waals surface area contributed by atoms with Gasteiger partial charge in [-0.15, -0.1) is 0 Å². The van der Waals surface area contributed by atoms with Crippen molar-refractivity contribution in [1.29, 1.82) is 0 Å². The van der Waals surface area contributed by atoms with Crippen LogP contribution in [0.2, 0.25) is 0 Å². The monoisotopic (exact) mass is 847 g/mol. The smallest absolute Gasteiger partial charge is 0.228 e. The van der Waals surface area contributed by atoms with Crippen LogP contribution in [0.5, 0.6) is 0 Å². The van der Waals surface area contributed by atoms with Crippen molar-refractivity contribution in [3.63, 3.8) is 0 Å². The molecule has 0 aliphatic carbocycles. The van der Waals surface area contributed by atoms with Crippen LogP contribution < -0.4 is 0 Å². The topological polar surface area (TPSA) is 105 Å². The van der Waals surface area contributed by atoms with Crippen LogP contribution in [0.4, 0.5) is 0 Å². The van der Waals surface area contributed by atoms with Crippen LogP contribution in [0, 0.1) is 27.1 Å². The molecule has 5 amide bonds. The Labute approximate surface area is 369 Å². The van der Waals surface area contributed by atoms with Crippen molar-refractivity contribution in [3.8, 4) is 0 Å². The molecule has 350 valence electrons. The molecular formula is C49H94N6O5. The zero-order chi connectivity index (χ0) is 46.1. The van der Waals surface area contributed by atoms with Gasteiger partial charge in [0.1, 0.15) is 0 Å². The number of hydrogen-bond acceptors (Lipinski definition) is 6. The number of carbonyl (C=O) groups is 5. The van der Waals surface area contributed by atoms with Gasteiger partial charge < -0.3 is 29.4 Å². The molecule has 5 fully saturated rings. The van der Waals surface area contributed by atoms with Gasteiger partial charge in [0.05, 0.1) is 0 Å². The second-order valence-electron chi connectivity index (χ2n) is 22.9. The van der Waals surface area contributed by atoms with Gasteiger partial charge in [0, 0.05) is 106 Å². The average Bonchev–Trinajstić information content (AvgIpc) is 3.72. The molecule has 0 saturated carbocycles. The Hall–Kier alpha value is -2.69. The van der Waals surface area contributed by atoms with Crippen molar-refractivity contribution in [2.75, 3.05) is 85.6 Å². The third-order valence-electron chi connectivity index (χ3n) is 11.3. The van der Waals surface area contributed by atoms with Crippen molar-refractivity contribution in [1.82, 2.24) is 29.4 Å². The minimum absolute atomic E-state index is 0.190. The fourth-order valence-corrected chi connectivity index (χ4v) is 7.59. The lowest BCUT2D eigenvalue weighted by atomic mass is 9.93. The van der Waals surface area contributed by atoms with Gasteiger partial charge in [-0.05, 0) is 77.7 Å². The maximum absolute atomic E-state index is 11.8. The van der Waals surface area contributed by atoms with Crippen molar-refractivity contribution < 1.29 is 24.0 Å². The number of piperazine rings is 1. The quantitative estimate of drug-likeness (QED) is 0.242. The van der Waals surface area contributed by atoms with Crippen LogP contribution in [0.15, 0.2) is 0 Å². The highest BCUT2D eigenvalue weighted by Gasteiger charge is 2.31. The molecule has 0 radical (unpaired) electrons. The van der Waals surface area contributed by atoms with Crippen LogP contribution in [0.25, 0.3) is 0 Å². The molecule has 0 N–H and O–H groups in total. The fourth-order valence-electron chi connectivity index (χ4n) is 7.59. The summed E-state index contributed by atoms with van der Waals surface area (Å²) in [5.41, 5.74) is -1.01.